The number of carbonyl (C=O) groups is 2. The summed E-state index contributed by atoms with van der Waals surface area (Å²) in [5.74, 6) is 5.97. The van der Waals surface area contributed by atoms with Gasteiger partial charge in [0.05, 0.1) is 5.92 Å². The molecule has 1 aromatic rings. The molecule has 0 spiro atoms. The Morgan fingerprint density at radius 3 is 2.41 bits per heavy atom. The van der Waals surface area contributed by atoms with Gasteiger partial charge in [-0.25, -0.2) is 0 Å². The molecule has 1 fully saturated rings. The van der Waals surface area contributed by atoms with Crippen molar-refractivity contribution in [2.24, 2.45) is 5.92 Å². The Balaban J connectivity index is 2.43. The quantitative estimate of drug-likeness (QED) is 0.626. The molecule has 1 aromatic carbocycles. The predicted octanol–water partition coefficient (Wildman–Crippen LogP) is 3.88. The first-order valence-corrected chi connectivity index (χ1v) is 7.59. The van der Waals surface area contributed by atoms with Crippen LogP contribution in [0.3, 0.4) is 0 Å². The van der Waals surface area contributed by atoms with E-state index in [1.807, 2.05) is 32.9 Å². The van der Waals surface area contributed by atoms with Crippen LogP contribution in [0.1, 0.15) is 54.9 Å². The molecule has 2 unspecified atom stereocenters. The average molecular weight is 294 g/mol. The second kappa shape index (κ2) is 6.32. The van der Waals surface area contributed by atoms with Crippen LogP contribution in [-0.4, -0.2) is 11.6 Å². The zero-order chi connectivity index (χ0) is 16.4. The largest absolute Gasteiger partial charge is 0.300 e. The number of carbonyl (C=O) groups excluding carboxylic acids is 2. The van der Waals surface area contributed by atoms with Crippen LogP contribution in [0.25, 0.3) is 0 Å². The van der Waals surface area contributed by atoms with Gasteiger partial charge in [-0.3, -0.25) is 4.79 Å². The minimum absolute atomic E-state index is 0.0103. The van der Waals surface area contributed by atoms with E-state index in [1.54, 1.807) is 6.92 Å². The fraction of sp³-hybridized carbons (Fsp3) is 0.400. The number of rotatable bonds is 3. The van der Waals surface area contributed by atoms with Gasteiger partial charge in [0.2, 0.25) is 0 Å². The Labute approximate surface area is 132 Å². The molecule has 0 radical (unpaired) electrons. The molecule has 1 aliphatic rings. The second-order valence-electron chi connectivity index (χ2n) is 6.18. The lowest BCUT2D eigenvalue weighted by Gasteiger charge is -2.19. The molecule has 2 atom stereocenters. The highest BCUT2D eigenvalue weighted by Gasteiger charge is 2.38. The Morgan fingerprint density at radius 1 is 1.32 bits per heavy atom. The van der Waals surface area contributed by atoms with Crippen LogP contribution in [0.4, 0.5) is 0 Å². The smallest absolute Gasteiger partial charge is 0.145 e. The molecule has 1 saturated carbocycles. The van der Waals surface area contributed by atoms with Gasteiger partial charge in [0.25, 0.3) is 0 Å². The molecule has 1 aliphatic carbocycles. The van der Waals surface area contributed by atoms with Gasteiger partial charge in [-0.05, 0) is 62.4 Å². The van der Waals surface area contributed by atoms with Crippen LogP contribution in [0.15, 0.2) is 24.3 Å². The Morgan fingerprint density at radius 2 is 1.91 bits per heavy atom. The third-order valence-corrected chi connectivity index (χ3v) is 4.35. The lowest BCUT2D eigenvalue weighted by molar-refractivity contribution is -0.119. The fourth-order valence-corrected chi connectivity index (χ4v) is 3.48. The van der Waals surface area contributed by atoms with E-state index in [1.165, 1.54) is 0 Å². The normalized spacial score (nSPS) is 20.7. The minimum Gasteiger partial charge on any atom is -0.300 e. The molecule has 2 nitrogen and oxygen atoms in total. The molecule has 2 rings (SSSR count). The van der Waals surface area contributed by atoms with Crippen LogP contribution in [0.5, 0.6) is 0 Å². The van der Waals surface area contributed by atoms with Crippen molar-refractivity contribution in [1.82, 2.24) is 0 Å². The van der Waals surface area contributed by atoms with Crippen molar-refractivity contribution in [3.05, 3.63) is 46.5 Å². The highest BCUT2D eigenvalue weighted by molar-refractivity contribution is 5.94. The summed E-state index contributed by atoms with van der Waals surface area (Å²) in [5, 5.41) is 0. The van der Waals surface area contributed by atoms with Gasteiger partial charge in [-0.2, -0.15) is 0 Å². The van der Waals surface area contributed by atoms with Crippen LogP contribution in [0, 0.1) is 31.6 Å². The lowest BCUT2D eigenvalue weighted by atomic mass is 9.84. The zero-order valence-corrected chi connectivity index (χ0v) is 13.7. The first-order valence-electron chi connectivity index (χ1n) is 7.59. The van der Waals surface area contributed by atoms with E-state index < -0.39 is 0 Å². The summed E-state index contributed by atoms with van der Waals surface area (Å²) in [6.07, 6.45) is 0.844. The molecule has 22 heavy (non-hydrogen) atoms. The third kappa shape index (κ3) is 3.04. The summed E-state index contributed by atoms with van der Waals surface area (Å²) in [4.78, 5) is 23.9. The molecular formula is C20H22O2. The molecule has 0 N–H and O–H groups in total. The third-order valence-electron chi connectivity index (χ3n) is 4.35. The van der Waals surface area contributed by atoms with Crippen LogP contribution < -0.4 is 0 Å². The van der Waals surface area contributed by atoms with E-state index in [9.17, 15) is 9.59 Å². The predicted molar refractivity (Wildman–Crippen MR) is 88.8 cm³/mol. The molecule has 0 amide bonds. The van der Waals surface area contributed by atoms with Crippen LogP contribution in [-0.2, 0) is 9.59 Å². The number of aryl methyl sites for hydroxylation is 2. The number of benzene rings is 1. The summed E-state index contributed by atoms with van der Waals surface area (Å²) in [6, 6.07) is 4.05. The summed E-state index contributed by atoms with van der Waals surface area (Å²) >= 11 is 0. The summed E-state index contributed by atoms with van der Waals surface area (Å²) in [7, 11) is 0. The van der Waals surface area contributed by atoms with Gasteiger partial charge in [0.15, 0.2) is 0 Å². The van der Waals surface area contributed by atoms with Crippen molar-refractivity contribution in [3.63, 3.8) is 0 Å². The van der Waals surface area contributed by atoms with Gasteiger partial charge in [-0.1, -0.05) is 18.1 Å². The SMILES string of the molecule is C=C1C(CC(C)=O)CC(=O)C1c1c(C)cc(C#CC)cc1C. The summed E-state index contributed by atoms with van der Waals surface area (Å²) < 4.78 is 0. The van der Waals surface area contributed by atoms with Gasteiger partial charge in [0, 0.05) is 18.4 Å². The van der Waals surface area contributed by atoms with Crippen LogP contribution >= 0.6 is 0 Å². The fourth-order valence-electron chi connectivity index (χ4n) is 3.48. The van der Waals surface area contributed by atoms with Gasteiger partial charge >= 0.3 is 0 Å². The second-order valence-corrected chi connectivity index (χ2v) is 6.18. The van der Waals surface area contributed by atoms with Crippen molar-refractivity contribution in [3.8, 4) is 11.8 Å². The van der Waals surface area contributed by atoms with Gasteiger partial charge in [0.1, 0.15) is 11.6 Å². The standard InChI is InChI=1S/C20H22O2/c1-6-7-16-8-12(2)19(13(3)9-16)20-15(5)17(10-14(4)21)11-18(20)22/h8-9,17,20H,5,10-11H2,1-4H3. The zero-order valence-electron chi connectivity index (χ0n) is 13.7. The van der Waals surface area contributed by atoms with E-state index in [-0.39, 0.29) is 23.4 Å². The topological polar surface area (TPSA) is 34.1 Å². The molecule has 0 aromatic heterocycles. The number of ketones is 2. The molecule has 0 bridgehead atoms. The molecular weight excluding hydrogens is 272 g/mol. The van der Waals surface area contributed by atoms with Gasteiger partial charge < -0.3 is 4.79 Å². The Kier molecular flexibility index (Phi) is 4.66. The molecule has 2 heteroatoms. The molecule has 0 aliphatic heterocycles. The van der Waals surface area contributed by atoms with E-state index in [4.69, 9.17) is 0 Å². The Bertz CT molecular complexity index is 690. The number of hydrogen-bond donors (Lipinski definition) is 0. The summed E-state index contributed by atoms with van der Waals surface area (Å²) in [5.41, 5.74) is 5.04. The maximum absolute atomic E-state index is 12.5. The highest BCUT2D eigenvalue weighted by atomic mass is 16.1. The van der Waals surface area contributed by atoms with E-state index >= 15 is 0 Å². The van der Waals surface area contributed by atoms with E-state index in [2.05, 4.69) is 18.4 Å². The summed E-state index contributed by atoms with van der Waals surface area (Å²) in [6.45, 7) is 11.6. The Hall–Kier alpha value is -2.14. The first kappa shape index (κ1) is 16.2. The number of hydrogen-bond acceptors (Lipinski definition) is 2. The van der Waals surface area contributed by atoms with E-state index in [0.29, 0.717) is 12.8 Å². The lowest BCUT2D eigenvalue weighted by Crippen LogP contribution is -2.10. The molecule has 114 valence electrons. The molecule has 0 saturated heterocycles. The number of allylic oxidation sites excluding steroid dienone is 1. The van der Waals surface area contributed by atoms with Crippen molar-refractivity contribution in [2.45, 2.75) is 46.5 Å². The average Bonchev–Trinajstić information content (AvgIpc) is 2.65. The minimum atomic E-state index is -0.270. The maximum Gasteiger partial charge on any atom is 0.145 e. The van der Waals surface area contributed by atoms with Crippen molar-refractivity contribution in [2.75, 3.05) is 0 Å². The number of Topliss-reactive ketones (excluding diaryl/α,β-unsaturated/α-hetero) is 2. The van der Waals surface area contributed by atoms with E-state index in [0.717, 1.165) is 27.8 Å². The first-order chi connectivity index (χ1) is 10.3. The van der Waals surface area contributed by atoms with Crippen LogP contribution in [0.2, 0.25) is 0 Å². The van der Waals surface area contributed by atoms with Crippen molar-refractivity contribution in [1.29, 1.82) is 0 Å². The molecule has 0 heterocycles. The van der Waals surface area contributed by atoms with Crippen molar-refractivity contribution >= 4 is 11.6 Å². The van der Waals surface area contributed by atoms with Crippen molar-refractivity contribution < 1.29 is 9.59 Å². The monoisotopic (exact) mass is 294 g/mol. The maximum atomic E-state index is 12.5. The highest BCUT2D eigenvalue weighted by Crippen LogP contribution is 2.43. The van der Waals surface area contributed by atoms with Gasteiger partial charge in [-0.15, -0.1) is 5.92 Å².